The van der Waals surface area contributed by atoms with E-state index in [1.807, 2.05) is 0 Å². The quantitative estimate of drug-likeness (QED) is 0.756. The van der Waals surface area contributed by atoms with Gasteiger partial charge in [-0.3, -0.25) is 0 Å². The Hall–Kier alpha value is -0.620. The third-order valence-corrected chi connectivity index (χ3v) is 4.34. The molecule has 0 bridgehead atoms. The summed E-state index contributed by atoms with van der Waals surface area (Å²) in [5.74, 6) is 0.0332. The van der Waals surface area contributed by atoms with Crippen molar-refractivity contribution < 1.29 is 13.5 Å². The first-order chi connectivity index (χ1) is 8.44. The Bertz CT molecular complexity index is 459. The number of unbranched alkanes of at least 4 members (excludes halogenated alkanes) is 1. The fourth-order valence-corrected chi connectivity index (χ4v) is 3.05. The van der Waals surface area contributed by atoms with Gasteiger partial charge in [0, 0.05) is 17.7 Å². The zero-order chi connectivity index (χ0) is 13.6. The van der Waals surface area contributed by atoms with E-state index in [9.17, 15) is 8.42 Å². The summed E-state index contributed by atoms with van der Waals surface area (Å²) < 4.78 is 26.1. The number of rotatable bonds is 7. The fraction of sp³-hybridized carbons (Fsp3) is 0.500. The molecule has 0 aliphatic carbocycles. The smallest absolute Gasteiger partial charge is 0.212 e. The molecule has 0 aliphatic rings. The van der Waals surface area contributed by atoms with Crippen LogP contribution < -0.4 is 4.72 Å². The Labute approximate surface area is 113 Å². The molecule has 1 atom stereocenters. The van der Waals surface area contributed by atoms with Gasteiger partial charge in [0.2, 0.25) is 10.0 Å². The third-order valence-electron chi connectivity index (χ3n) is 2.55. The molecule has 1 rings (SSSR count). The Morgan fingerprint density at radius 2 is 1.89 bits per heavy atom. The summed E-state index contributed by atoms with van der Waals surface area (Å²) in [5, 5.41) is 9.24. The molecule has 4 nitrogen and oxygen atoms in total. The van der Waals surface area contributed by atoms with E-state index in [0.717, 1.165) is 5.56 Å². The lowest BCUT2D eigenvalue weighted by Gasteiger charge is -2.14. The number of sulfonamides is 1. The molecule has 0 aliphatic heterocycles. The van der Waals surface area contributed by atoms with Crippen molar-refractivity contribution in [1.29, 1.82) is 0 Å². The van der Waals surface area contributed by atoms with Gasteiger partial charge in [-0.25, -0.2) is 13.1 Å². The van der Waals surface area contributed by atoms with E-state index in [1.165, 1.54) is 0 Å². The van der Waals surface area contributed by atoms with Crippen molar-refractivity contribution >= 4 is 21.6 Å². The molecule has 0 amide bonds. The van der Waals surface area contributed by atoms with E-state index in [0.29, 0.717) is 17.9 Å². The Morgan fingerprint density at radius 1 is 1.28 bits per heavy atom. The van der Waals surface area contributed by atoms with Crippen LogP contribution in [-0.2, 0) is 10.0 Å². The molecular weight excluding hydrogens is 274 g/mol. The van der Waals surface area contributed by atoms with Gasteiger partial charge in [-0.1, -0.05) is 23.7 Å². The van der Waals surface area contributed by atoms with Crippen molar-refractivity contribution in [2.45, 2.75) is 25.8 Å². The van der Waals surface area contributed by atoms with Crippen molar-refractivity contribution in [3.05, 3.63) is 34.9 Å². The van der Waals surface area contributed by atoms with Gasteiger partial charge < -0.3 is 5.11 Å². The van der Waals surface area contributed by atoms with Crippen molar-refractivity contribution in [2.75, 3.05) is 12.4 Å². The molecule has 1 unspecified atom stereocenters. The summed E-state index contributed by atoms with van der Waals surface area (Å²) in [6, 6.07) is 6.76. The first-order valence-electron chi connectivity index (χ1n) is 5.81. The molecule has 1 aromatic carbocycles. The average Bonchev–Trinajstić information content (AvgIpc) is 2.29. The van der Waals surface area contributed by atoms with Crippen LogP contribution in [0.3, 0.4) is 0 Å². The molecule has 0 spiro atoms. The minimum atomic E-state index is -3.31. The van der Waals surface area contributed by atoms with Gasteiger partial charge in [-0.05, 0) is 37.5 Å². The van der Waals surface area contributed by atoms with Gasteiger partial charge in [0.15, 0.2) is 0 Å². The third kappa shape index (κ3) is 5.35. The van der Waals surface area contributed by atoms with Crippen LogP contribution >= 0.6 is 11.6 Å². The number of benzene rings is 1. The normalized spacial score (nSPS) is 13.5. The highest BCUT2D eigenvalue weighted by Crippen LogP contribution is 2.16. The standard InChI is InChI=1S/C12H18ClNO3S/c1-10(11-4-6-12(13)7-5-11)14-18(16,17)9-3-2-8-15/h4-7,10,14-15H,2-3,8-9H2,1H3. The second-order valence-corrected chi connectivity index (χ2v) is 6.45. The average molecular weight is 292 g/mol. The minimum absolute atomic E-state index is 0.0161. The maximum Gasteiger partial charge on any atom is 0.212 e. The van der Waals surface area contributed by atoms with Crippen LogP contribution in [0.15, 0.2) is 24.3 Å². The molecular formula is C12H18ClNO3S. The van der Waals surface area contributed by atoms with Crippen LogP contribution in [0.5, 0.6) is 0 Å². The van der Waals surface area contributed by atoms with Crippen LogP contribution in [0.1, 0.15) is 31.4 Å². The summed E-state index contributed by atoms with van der Waals surface area (Å²) >= 11 is 5.77. The molecule has 0 fully saturated rings. The highest BCUT2D eigenvalue weighted by atomic mass is 35.5. The molecule has 1 aromatic rings. The number of aliphatic hydroxyl groups excluding tert-OH is 1. The van der Waals surface area contributed by atoms with Gasteiger partial charge in [0.05, 0.1) is 5.75 Å². The van der Waals surface area contributed by atoms with Crippen LogP contribution in [-0.4, -0.2) is 25.9 Å². The SMILES string of the molecule is CC(NS(=O)(=O)CCCCO)c1ccc(Cl)cc1. The van der Waals surface area contributed by atoms with Gasteiger partial charge in [0.1, 0.15) is 0 Å². The molecule has 0 aromatic heterocycles. The summed E-state index contributed by atoms with van der Waals surface area (Å²) in [6.07, 6.45) is 0.954. The van der Waals surface area contributed by atoms with Crippen LogP contribution in [0.2, 0.25) is 5.02 Å². The minimum Gasteiger partial charge on any atom is -0.396 e. The van der Waals surface area contributed by atoms with Crippen LogP contribution in [0.25, 0.3) is 0 Å². The van der Waals surface area contributed by atoms with Gasteiger partial charge >= 0.3 is 0 Å². The molecule has 0 heterocycles. The summed E-state index contributed by atoms with van der Waals surface area (Å²) in [5.41, 5.74) is 0.866. The van der Waals surface area contributed by atoms with Gasteiger partial charge in [-0.15, -0.1) is 0 Å². The summed E-state index contributed by atoms with van der Waals surface area (Å²) in [7, 11) is -3.31. The van der Waals surface area contributed by atoms with E-state index in [-0.39, 0.29) is 18.4 Å². The number of hydrogen-bond donors (Lipinski definition) is 2. The van der Waals surface area contributed by atoms with Crippen LogP contribution in [0.4, 0.5) is 0 Å². The van der Waals surface area contributed by atoms with Gasteiger partial charge in [0.25, 0.3) is 0 Å². The second-order valence-electron chi connectivity index (χ2n) is 4.14. The van der Waals surface area contributed by atoms with Crippen molar-refractivity contribution in [3.63, 3.8) is 0 Å². The van der Waals surface area contributed by atoms with E-state index < -0.39 is 10.0 Å². The Morgan fingerprint density at radius 3 is 2.44 bits per heavy atom. The fourth-order valence-electron chi connectivity index (χ4n) is 1.55. The zero-order valence-corrected chi connectivity index (χ0v) is 11.8. The number of aliphatic hydroxyl groups is 1. The largest absolute Gasteiger partial charge is 0.396 e. The lowest BCUT2D eigenvalue weighted by atomic mass is 10.1. The van der Waals surface area contributed by atoms with Crippen molar-refractivity contribution in [1.82, 2.24) is 4.72 Å². The number of hydrogen-bond acceptors (Lipinski definition) is 3. The number of nitrogens with one attached hydrogen (secondary N) is 1. The van der Waals surface area contributed by atoms with E-state index in [1.54, 1.807) is 31.2 Å². The summed E-state index contributed by atoms with van der Waals surface area (Å²) in [6.45, 7) is 1.80. The lowest BCUT2D eigenvalue weighted by molar-refractivity contribution is 0.287. The predicted molar refractivity (Wildman–Crippen MR) is 73.1 cm³/mol. The molecule has 102 valence electrons. The Kier molecular flexibility index (Phi) is 6.08. The first kappa shape index (κ1) is 15.4. The summed E-state index contributed by atoms with van der Waals surface area (Å²) in [4.78, 5) is 0. The predicted octanol–water partition coefficient (Wildman–Crippen LogP) is 2.09. The second kappa shape index (κ2) is 7.09. The number of halogens is 1. The van der Waals surface area contributed by atoms with Crippen molar-refractivity contribution in [3.8, 4) is 0 Å². The molecule has 0 radical (unpaired) electrons. The van der Waals surface area contributed by atoms with Crippen LogP contribution in [0, 0.1) is 0 Å². The van der Waals surface area contributed by atoms with E-state index in [2.05, 4.69) is 4.72 Å². The zero-order valence-electron chi connectivity index (χ0n) is 10.3. The molecule has 2 N–H and O–H groups in total. The Balaban J connectivity index is 2.58. The van der Waals surface area contributed by atoms with Gasteiger partial charge in [-0.2, -0.15) is 0 Å². The van der Waals surface area contributed by atoms with E-state index >= 15 is 0 Å². The maximum absolute atomic E-state index is 11.7. The highest BCUT2D eigenvalue weighted by molar-refractivity contribution is 7.89. The molecule has 0 saturated carbocycles. The molecule has 18 heavy (non-hydrogen) atoms. The highest BCUT2D eigenvalue weighted by Gasteiger charge is 2.15. The monoisotopic (exact) mass is 291 g/mol. The van der Waals surface area contributed by atoms with Crippen molar-refractivity contribution in [2.24, 2.45) is 0 Å². The molecule has 6 heteroatoms. The first-order valence-corrected chi connectivity index (χ1v) is 7.84. The maximum atomic E-state index is 11.7. The molecule has 0 saturated heterocycles. The topological polar surface area (TPSA) is 66.4 Å². The van der Waals surface area contributed by atoms with E-state index in [4.69, 9.17) is 16.7 Å². The lowest BCUT2D eigenvalue weighted by Crippen LogP contribution is -2.29.